The Morgan fingerprint density at radius 2 is 2.21 bits per heavy atom. The summed E-state index contributed by atoms with van der Waals surface area (Å²) in [4.78, 5) is 14.6. The van der Waals surface area contributed by atoms with E-state index in [0.29, 0.717) is 5.56 Å². The number of rotatable bonds is 4. The predicted molar refractivity (Wildman–Crippen MR) is 69.6 cm³/mol. The predicted octanol–water partition coefficient (Wildman–Crippen LogP) is 3.26. The number of nitrogens with zero attached hydrogens (tertiary/aromatic N) is 1. The molecule has 0 aliphatic rings. The Balaban J connectivity index is 2.19. The van der Waals surface area contributed by atoms with Crippen molar-refractivity contribution in [1.82, 2.24) is 4.98 Å². The first kappa shape index (κ1) is 13.5. The molecule has 1 aromatic carbocycles. The second-order valence-electron chi connectivity index (χ2n) is 3.68. The van der Waals surface area contributed by atoms with Crippen LogP contribution < -0.4 is 4.74 Å². The van der Waals surface area contributed by atoms with E-state index in [-0.39, 0.29) is 18.1 Å². The van der Waals surface area contributed by atoms with Crippen molar-refractivity contribution in [2.45, 2.75) is 6.61 Å². The average Bonchev–Trinajstić information content (AvgIpc) is 2.40. The van der Waals surface area contributed by atoms with Gasteiger partial charge in [-0.25, -0.2) is 14.2 Å². The Labute approximate surface area is 117 Å². The Kier molecular flexibility index (Phi) is 4.11. The minimum atomic E-state index is -1.19. The maximum atomic E-state index is 13.5. The van der Waals surface area contributed by atoms with Gasteiger partial charge in [0.05, 0.1) is 0 Å². The number of ether oxygens (including phenoxy) is 1. The van der Waals surface area contributed by atoms with Crippen LogP contribution in [0.5, 0.6) is 5.75 Å². The van der Waals surface area contributed by atoms with Crippen LogP contribution in [0, 0.1) is 5.82 Å². The van der Waals surface area contributed by atoms with Crippen LogP contribution in [-0.4, -0.2) is 16.1 Å². The van der Waals surface area contributed by atoms with Crippen LogP contribution in [0.25, 0.3) is 0 Å². The van der Waals surface area contributed by atoms with Crippen LogP contribution in [0.1, 0.15) is 16.1 Å². The maximum Gasteiger partial charge on any atom is 0.358 e. The first-order chi connectivity index (χ1) is 9.08. The number of hydrogen-bond donors (Lipinski definition) is 1. The molecule has 0 amide bonds. The maximum absolute atomic E-state index is 13.5. The van der Waals surface area contributed by atoms with E-state index < -0.39 is 11.8 Å². The van der Waals surface area contributed by atoms with Crippen LogP contribution in [0.4, 0.5) is 4.39 Å². The summed E-state index contributed by atoms with van der Waals surface area (Å²) < 4.78 is 19.5. The van der Waals surface area contributed by atoms with Gasteiger partial charge in [-0.05, 0) is 30.3 Å². The van der Waals surface area contributed by atoms with Crippen molar-refractivity contribution in [3.63, 3.8) is 0 Å². The zero-order chi connectivity index (χ0) is 13.8. The van der Waals surface area contributed by atoms with E-state index in [1.54, 1.807) is 18.2 Å². The summed E-state index contributed by atoms with van der Waals surface area (Å²) in [5.74, 6) is -1.50. The highest BCUT2D eigenvalue weighted by Gasteiger charge is 2.13. The molecule has 4 nitrogen and oxygen atoms in total. The van der Waals surface area contributed by atoms with Gasteiger partial charge in [-0.15, -0.1) is 0 Å². The molecule has 0 radical (unpaired) electrons. The van der Waals surface area contributed by atoms with E-state index in [9.17, 15) is 9.18 Å². The van der Waals surface area contributed by atoms with Crippen molar-refractivity contribution in [1.29, 1.82) is 0 Å². The van der Waals surface area contributed by atoms with Crippen molar-refractivity contribution >= 4 is 21.9 Å². The summed E-state index contributed by atoms with van der Waals surface area (Å²) in [6.07, 6.45) is 1.36. The monoisotopic (exact) mass is 325 g/mol. The number of carboxylic acid groups (broad SMARTS) is 1. The Hall–Kier alpha value is -1.95. The third-order valence-corrected chi connectivity index (χ3v) is 2.86. The average molecular weight is 326 g/mol. The number of benzene rings is 1. The lowest BCUT2D eigenvalue weighted by Gasteiger charge is -2.09. The smallest absolute Gasteiger partial charge is 0.358 e. The highest BCUT2D eigenvalue weighted by molar-refractivity contribution is 9.10. The zero-order valence-corrected chi connectivity index (χ0v) is 11.2. The molecule has 0 fully saturated rings. The highest BCUT2D eigenvalue weighted by atomic mass is 79.9. The number of halogens is 2. The fourth-order valence-corrected chi connectivity index (χ4v) is 1.89. The number of carbonyl (C=O) groups is 1. The molecule has 0 unspecified atom stereocenters. The molecule has 1 aromatic heterocycles. The first-order valence-electron chi connectivity index (χ1n) is 5.33. The lowest BCUT2D eigenvalue weighted by Crippen LogP contribution is -2.06. The van der Waals surface area contributed by atoms with Crippen LogP contribution in [0.15, 0.2) is 41.0 Å². The van der Waals surface area contributed by atoms with Gasteiger partial charge in [0, 0.05) is 16.2 Å². The van der Waals surface area contributed by atoms with Crippen molar-refractivity contribution in [3.8, 4) is 5.75 Å². The van der Waals surface area contributed by atoms with E-state index in [2.05, 4.69) is 20.9 Å². The molecule has 0 saturated carbocycles. The van der Waals surface area contributed by atoms with E-state index in [1.807, 2.05) is 0 Å². The standard InChI is InChI=1S/C13H9BrFNO3/c14-9-3-4-10(15)8(6-9)7-19-11-2-1-5-16-12(11)13(17)18/h1-6H,7H2,(H,17,18). The Bertz CT molecular complexity index is 619. The lowest BCUT2D eigenvalue weighted by molar-refractivity contribution is 0.0685. The molecular formula is C13H9BrFNO3. The minimum absolute atomic E-state index is 0.0722. The number of pyridine rings is 1. The van der Waals surface area contributed by atoms with Crippen molar-refractivity contribution in [2.24, 2.45) is 0 Å². The van der Waals surface area contributed by atoms with Crippen LogP contribution in [-0.2, 0) is 6.61 Å². The van der Waals surface area contributed by atoms with E-state index in [1.165, 1.54) is 18.3 Å². The molecule has 0 saturated heterocycles. The molecule has 19 heavy (non-hydrogen) atoms. The topological polar surface area (TPSA) is 59.4 Å². The SMILES string of the molecule is O=C(O)c1ncccc1OCc1cc(Br)ccc1F. The third kappa shape index (κ3) is 3.29. The minimum Gasteiger partial charge on any atom is -0.486 e. The molecule has 98 valence electrons. The second kappa shape index (κ2) is 5.79. The van der Waals surface area contributed by atoms with Gasteiger partial charge in [0.25, 0.3) is 0 Å². The van der Waals surface area contributed by atoms with Gasteiger partial charge in [0.1, 0.15) is 12.4 Å². The third-order valence-electron chi connectivity index (χ3n) is 2.36. The first-order valence-corrected chi connectivity index (χ1v) is 6.12. The van der Waals surface area contributed by atoms with E-state index in [4.69, 9.17) is 9.84 Å². The van der Waals surface area contributed by atoms with Crippen molar-refractivity contribution in [2.75, 3.05) is 0 Å². The lowest BCUT2D eigenvalue weighted by atomic mass is 10.2. The number of hydrogen-bond acceptors (Lipinski definition) is 3. The van der Waals surface area contributed by atoms with Gasteiger partial charge >= 0.3 is 5.97 Å². The van der Waals surface area contributed by atoms with Crippen molar-refractivity contribution in [3.05, 3.63) is 58.1 Å². The summed E-state index contributed by atoms with van der Waals surface area (Å²) in [5, 5.41) is 8.94. The summed E-state index contributed by atoms with van der Waals surface area (Å²) in [7, 11) is 0. The van der Waals surface area contributed by atoms with Gasteiger partial charge in [-0.1, -0.05) is 15.9 Å². The quantitative estimate of drug-likeness (QED) is 0.937. The number of aromatic nitrogens is 1. The Morgan fingerprint density at radius 1 is 1.42 bits per heavy atom. The number of carboxylic acids is 1. The van der Waals surface area contributed by atoms with E-state index in [0.717, 1.165) is 4.47 Å². The fraction of sp³-hybridized carbons (Fsp3) is 0.0769. The van der Waals surface area contributed by atoms with Gasteiger partial charge in [-0.3, -0.25) is 0 Å². The molecule has 0 bridgehead atoms. The normalized spacial score (nSPS) is 10.2. The fourth-order valence-electron chi connectivity index (χ4n) is 1.48. The zero-order valence-electron chi connectivity index (χ0n) is 9.64. The summed E-state index contributed by atoms with van der Waals surface area (Å²) in [6, 6.07) is 7.49. The molecular weight excluding hydrogens is 317 g/mol. The molecule has 2 rings (SSSR count). The summed E-state index contributed by atoms with van der Waals surface area (Å²) >= 11 is 3.23. The van der Waals surface area contributed by atoms with Crippen LogP contribution in [0.2, 0.25) is 0 Å². The highest BCUT2D eigenvalue weighted by Crippen LogP contribution is 2.20. The van der Waals surface area contributed by atoms with Gasteiger partial charge < -0.3 is 9.84 Å². The van der Waals surface area contributed by atoms with Crippen LogP contribution >= 0.6 is 15.9 Å². The number of aromatic carboxylic acids is 1. The largest absolute Gasteiger partial charge is 0.486 e. The molecule has 0 aliphatic carbocycles. The molecule has 6 heteroatoms. The summed E-state index contributed by atoms with van der Waals surface area (Å²) in [6.45, 7) is -0.0722. The molecule has 0 atom stereocenters. The van der Waals surface area contributed by atoms with Gasteiger partial charge in [0.2, 0.25) is 0 Å². The summed E-state index contributed by atoms with van der Waals surface area (Å²) in [5.41, 5.74) is 0.132. The molecule has 2 aromatic rings. The molecule has 0 spiro atoms. The van der Waals surface area contributed by atoms with Gasteiger partial charge in [-0.2, -0.15) is 0 Å². The van der Waals surface area contributed by atoms with Gasteiger partial charge in [0.15, 0.2) is 11.4 Å². The molecule has 1 N–H and O–H groups in total. The molecule has 0 aliphatic heterocycles. The van der Waals surface area contributed by atoms with E-state index >= 15 is 0 Å². The second-order valence-corrected chi connectivity index (χ2v) is 4.60. The molecule has 1 heterocycles. The van der Waals surface area contributed by atoms with Crippen molar-refractivity contribution < 1.29 is 19.0 Å². The Morgan fingerprint density at radius 3 is 2.95 bits per heavy atom. The van der Waals surface area contributed by atoms with Crippen LogP contribution in [0.3, 0.4) is 0 Å².